The Morgan fingerprint density at radius 1 is 1.15 bits per heavy atom. The van der Waals surface area contributed by atoms with Gasteiger partial charge in [0, 0.05) is 25.3 Å². The summed E-state index contributed by atoms with van der Waals surface area (Å²) >= 11 is 0. The van der Waals surface area contributed by atoms with Gasteiger partial charge in [0.25, 0.3) is 0 Å². The Morgan fingerprint density at radius 3 is 2.54 bits per heavy atom. The molecule has 3 fully saturated rings. The third-order valence-electron chi connectivity index (χ3n) is 8.18. The third kappa shape index (κ3) is 7.28. The van der Waals surface area contributed by atoms with Crippen molar-refractivity contribution < 1.29 is 37.4 Å². The summed E-state index contributed by atoms with van der Waals surface area (Å²) in [5, 5.41) is 9.88. The number of carbonyl (C=O) groups is 4. The van der Waals surface area contributed by atoms with Gasteiger partial charge in [-0.25, -0.2) is 8.42 Å². The monoisotopic (exact) mass is 566 g/mol. The molecule has 2 aliphatic carbocycles. The van der Waals surface area contributed by atoms with Crippen LogP contribution in [0.2, 0.25) is 0 Å². The Hall–Kier alpha value is -2.27. The molecule has 0 unspecified atom stereocenters. The van der Waals surface area contributed by atoms with Crippen LogP contribution in [0.25, 0.3) is 0 Å². The number of amides is 2. The quantitative estimate of drug-likeness (QED) is 0.381. The van der Waals surface area contributed by atoms with Gasteiger partial charge in [-0.2, -0.15) is 0 Å². The number of Topliss-reactive ketones (excluding diaryl/α,β-unsaturated/α-hetero) is 1. The Morgan fingerprint density at radius 2 is 1.87 bits per heavy atom. The minimum atomic E-state index is -3.78. The van der Waals surface area contributed by atoms with Crippen LogP contribution in [0.1, 0.15) is 91.4 Å². The van der Waals surface area contributed by atoms with Crippen LogP contribution in [0, 0.1) is 17.3 Å². The van der Waals surface area contributed by atoms with E-state index in [1.807, 2.05) is 12.2 Å². The van der Waals surface area contributed by atoms with Crippen LogP contribution in [0.3, 0.4) is 0 Å². The summed E-state index contributed by atoms with van der Waals surface area (Å²) < 4.78 is 32.7. The molecular weight excluding hydrogens is 524 g/mol. The van der Waals surface area contributed by atoms with Gasteiger partial charge in [-0.3, -0.25) is 23.9 Å². The lowest BCUT2D eigenvalue weighted by molar-refractivity contribution is -0.159. The number of carbonyl (C=O) groups excluding carboxylic acids is 4. The van der Waals surface area contributed by atoms with Crippen molar-refractivity contribution >= 4 is 33.6 Å². The molecule has 4 aliphatic rings. The first-order chi connectivity index (χ1) is 18.2. The number of hydrogen-bond acceptors (Lipinski definition) is 8. The zero-order chi connectivity index (χ0) is 28.6. The van der Waals surface area contributed by atoms with Crippen molar-refractivity contribution in [3.8, 4) is 0 Å². The van der Waals surface area contributed by atoms with E-state index in [4.69, 9.17) is 4.74 Å². The Kier molecular flexibility index (Phi) is 8.61. The molecule has 2 heterocycles. The molecule has 2 saturated carbocycles. The fourth-order valence-corrected chi connectivity index (χ4v) is 7.22. The number of ether oxygens (including phenoxy) is 1. The van der Waals surface area contributed by atoms with Crippen molar-refractivity contribution in [1.82, 2.24) is 9.62 Å². The zero-order valence-electron chi connectivity index (χ0n) is 23.2. The predicted molar refractivity (Wildman–Crippen MR) is 143 cm³/mol. The Labute approximate surface area is 231 Å². The van der Waals surface area contributed by atoms with E-state index in [2.05, 4.69) is 4.72 Å². The lowest BCUT2D eigenvalue weighted by Gasteiger charge is -2.29. The molecular formula is C28H42N2O8S. The van der Waals surface area contributed by atoms with Crippen LogP contribution in [-0.2, 0) is 33.9 Å². The van der Waals surface area contributed by atoms with Crippen molar-refractivity contribution in [2.75, 3.05) is 6.54 Å². The summed E-state index contributed by atoms with van der Waals surface area (Å²) in [6, 6.07) is -0.936. The average Bonchev–Trinajstić information content (AvgIpc) is 3.73. The van der Waals surface area contributed by atoms with E-state index in [1.54, 1.807) is 20.8 Å². The molecule has 2 N–H and O–H groups in total. The number of aliphatic hydroxyl groups excluding tert-OH is 1. The molecule has 0 radical (unpaired) electrons. The van der Waals surface area contributed by atoms with Gasteiger partial charge in [0.05, 0.1) is 29.2 Å². The number of sulfonamides is 1. The van der Waals surface area contributed by atoms with Crippen LogP contribution < -0.4 is 4.72 Å². The highest BCUT2D eigenvalue weighted by Gasteiger charge is 2.61. The lowest BCUT2D eigenvalue weighted by Crippen LogP contribution is -2.46. The standard InChI is InChI=1S/C28H42N2O8S/c1-27(2,3)38-24(33)13-18-9-7-5-4-6-8-10-19-15-28(19,26(35)29-39(36,37)21-11-12-21)16-23(32)22-14-20(31)17-30(22)25(18)34/h8,10,18-22,31H,4-7,9,11-17H2,1-3H3,(H,29,35)/b10-8-/t18-,19+,20-,22+,28-/m1/s1. The smallest absolute Gasteiger partial charge is 0.307 e. The number of hydrogen-bond donors (Lipinski definition) is 2. The highest BCUT2D eigenvalue weighted by molar-refractivity contribution is 7.90. The van der Waals surface area contributed by atoms with E-state index < -0.39 is 56.2 Å². The maximum Gasteiger partial charge on any atom is 0.307 e. The van der Waals surface area contributed by atoms with Crippen molar-refractivity contribution in [2.45, 2.75) is 114 Å². The lowest BCUT2D eigenvalue weighted by atomic mass is 9.90. The third-order valence-corrected chi connectivity index (χ3v) is 10.0. The number of ketones is 1. The number of allylic oxidation sites excluding steroid dienone is 2. The predicted octanol–water partition coefficient (Wildman–Crippen LogP) is 2.39. The normalized spacial score (nSPS) is 33.3. The second-order valence-corrected chi connectivity index (χ2v) is 14.7. The molecule has 2 aliphatic heterocycles. The van der Waals surface area contributed by atoms with Gasteiger partial charge in [0.1, 0.15) is 5.60 Å². The number of fused-ring (bicyclic) bond motifs is 2. The van der Waals surface area contributed by atoms with E-state index >= 15 is 0 Å². The van der Waals surface area contributed by atoms with Gasteiger partial charge in [-0.15, -0.1) is 0 Å². The Bertz CT molecular complexity index is 1120. The van der Waals surface area contributed by atoms with Crippen LogP contribution in [0.15, 0.2) is 12.2 Å². The van der Waals surface area contributed by atoms with E-state index in [-0.39, 0.29) is 43.4 Å². The van der Waals surface area contributed by atoms with Crippen molar-refractivity contribution in [2.24, 2.45) is 17.3 Å². The highest BCUT2D eigenvalue weighted by Crippen LogP contribution is 2.57. The SMILES string of the molecule is CC(C)(C)OC(=O)C[C@H]1CCCCC/C=C\[C@H]2C[C@@]2(C(=O)NS(=O)(=O)C2CC2)CC(=O)[C@@H]2C[C@@H](O)CN2C1=O. The summed E-state index contributed by atoms with van der Waals surface area (Å²) in [6.45, 7) is 5.25. The van der Waals surface area contributed by atoms with Gasteiger partial charge >= 0.3 is 5.97 Å². The fraction of sp³-hybridized carbons (Fsp3) is 0.786. The number of esters is 1. The molecule has 0 aromatic heterocycles. The maximum absolute atomic E-state index is 13.7. The number of nitrogens with zero attached hydrogens (tertiary/aromatic N) is 1. The topological polar surface area (TPSA) is 147 Å². The van der Waals surface area contributed by atoms with Crippen molar-refractivity contribution in [1.29, 1.82) is 0 Å². The highest BCUT2D eigenvalue weighted by atomic mass is 32.2. The molecule has 0 bridgehead atoms. The van der Waals surface area contributed by atoms with E-state index in [0.717, 1.165) is 25.7 Å². The maximum atomic E-state index is 13.7. The molecule has 39 heavy (non-hydrogen) atoms. The molecule has 4 rings (SSSR count). The molecule has 5 atom stereocenters. The second kappa shape index (κ2) is 11.3. The van der Waals surface area contributed by atoms with Gasteiger partial charge in [0.2, 0.25) is 21.8 Å². The number of aliphatic hydroxyl groups is 1. The minimum Gasteiger partial charge on any atom is -0.460 e. The van der Waals surface area contributed by atoms with E-state index in [1.165, 1.54) is 4.90 Å². The van der Waals surface area contributed by atoms with Crippen LogP contribution in [-0.4, -0.2) is 71.5 Å². The van der Waals surface area contributed by atoms with E-state index in [0.29, 0.717) is 25.7 Å². The van der Waals surface area contributed by atoms with Crippen LogP contribution >= 0.6 is 0 Å². The average molecular weight is 567 g/mol. The summed E-state index contributed by atoms with van der Waals surface area (Å²) in [4.78, 5) is 54.7. The largest absolute Gasteiger partial charge is 0.460 e. The summed E-state index contributed by atoms with van der Waals surface area (Å²) in [5.74, 6) is -2.85. The number of rotatable bonds is 5. The van der Waals surface area contributed by atoms with Gasteiger partial charge in [-0.1, -0.05) is 25.0 Å². The minimum absolute atomic E-state index is 0.0291. The van der Waals surface area contributed by atoms with Crippen LogP contribution in [0.5, 0.6) is 0 Å². The van der Waals surface area contributed by atoms with Crippen LogP contribution in [0.4, 0.5) is 0 Å². The molecule has 0 spiro atoms. The molecule has 10 nitrogen and oxygen atoms in total. The first kappa shape index (κ1) is 29.7. The zero-order valence-corrected chi connectivity index (χ0v) is 24.0. The summed E-state index contributed by atoms with van der Waals surface area (Å²) in [5.41, 5.74) is -1.88. The number of nitrogens with one attached hydrogen (secondary N) is 1. The van der Waals surface area contributed by atoms with E-state index in [9.17, 15) is 32.7 Å². The molecule has 1 saturated heterocycles. The van der Waals surface area contributed by atoms with Crippen molar-refractivity contribution in [3.05, 3.63) is 12.2 Å². The molecule has 218 valence electrons. The van der Waals surface area contributed by atoms with Gasteiger partial charge in [-0.05, 0) is 65.2 Å². The molecule has 0 aromatic carbocycles. The summed E-state index contributed by atoms with van der Waals surface area (Å²) in [7, 11) is -3.78. The van der Waals surface area contributed by atoms with Crippen molar-refractivity contribution in [3.63, 3.8) is 0 Å². The first-order valence-electron chi connectivity index (χ1n) is 14.2. The van der Waals surface area contributed by atoms with Gasteiger partial charge in [0.15, 0.2) is 5.78 Å². The first-order valence-corrected chi connectivity index (χ1v) is 15.7. The van der Waals surface area contributed by atoms with Gasteiger partial charge < -0.3 is 14.7 Å². The molecule has 0 aromatic rings. The fourth-order valence-electron chi connectivity index (χ4n) is 5.84. The molecule has 11 heteroatoms. The molecule has 2 amide bonds. The Balaban J connectivity index is 1.57. The second-order valence-electron chi connectivity index (χ2n) is 12.7. The summed E-state index contributed by atoms with van der Waals surface area (Å²) in [6.07, 6.45) is 7.71.